The first kappa shape index (κ1) is 18.4. The van der Waals surface area contributed by atoms with E-state index in [-0.39, 0.29) is 11.9 Å². The van der Waals surface area contributed by atoms with E-state index in [1.807, 2.05) is 46.8 Å². The third kappa shape index (κ3) is 4.15. The summed E-state index contributed by atoms with van der Waals surface area (Å²) in [5, 5.41) is 0. The molecule has 4 rings (SSSR count). The molecular formula is C23H22N2O2S. The number of fused-ring (bicyclic) bond motifs is 1. The minimum Gasteiger partial charge on any atom is -0.467 e. The fraction of sp³-hybridized carbons (Fsp3) is 0.217. The topological polar surface area (TPSA) is 46.3 Å². The molecular weight excluding hydrogens is 368 g/mol. The van der Waals surface area contributed by atoms with E-state index in [0.717, 1.165) is 28.8 Å². The van der Waals surface area contributed by atoms with Crippen LogP contribution in [0.15, 0.2) is 76.9 Å². The quantitative estimate of drug-likeness (QED) is 0.415. The molecule has 5 heteroatoms. The second kappa shape index (κ2) is 8.40. The number of furan rings is 1. The molecule has 0 unspecified atom stereocenters. The molecule has 1 amide bonds. The molecule has 0 aliphatic rings. The number of aromatic nitrogens is 1. The first-order valence-corrected chi connectivity index (χ1v) is 10.3. The Balaban J connectivity index is 1.55. The van der Waals surface area contributed by atoms with Crippen LogP contribution >= 0.6 is 11.3 Å². The Kier molecular flexibility index (Phi) is 5.53. The lowest BCUT2D eigenvalue weighted by Gasteiger charge is -2.29. The maximum Gasteiger partial charge on any atom is 0.254 e. The van der Waals surface area contributed by atoms with Crippen molar-refractivity contribution in [1.29, 1.82) is 0 Å². The molecule has 4 aromatic rings. The summed E-state index contributed by atoms with van der Waals surface area (Å²) in [6.45, 7) is 2.57. The van der Waals surface area contributed by atoms with Crippen molar-refractivity contribution >= 4 is 27.5 Å². The van der Waals surface area contributed by atoms with Gasteiger partial charge in [-0.2, -0.15) is 0 Å². The Labute approximate surface area is 168 Å². The predicted octanol–water partition coefficient (Wildman–Crippen LogP) is 5.55. The van der Waals surface area contributed by atoms with Gasteiger partial charge in [0.25, 0.3) is 5.91 Å². The maximum absolute atomic E-state index is 13.4. The minimum atomic E-state index is 0.0206. The van der Waals surface area contributed by atoms with Crippen LogP contribution < -0.4 is 0 Å². The molecule has 1 atom stereocenters. The summed E-state index contributed by atoms with van der Waals surface area (Å²) < 4.78 is 6.55. The van der Waals surface area contributed by atoms with Gasteiger partial charge in [0.1, 0.15) is 5.76 Å². The lowest BCUT2D eigenvalue weighted by Crippen LogP contribution is -2.38. The zero-order valence-electron chi connectivity index (χ0n) is 15.7. The van der Waals surface area contributed by atoms with Crippen molar-refractivity contribution in [2.75, 3.05) is 0 Å². The van der Waals surface area contributed by atoms with Crippen LogP contribution in [0.2, 0.25) is 0 Å². The van der Waals surface area contributed by atoms with Gasteiger partial charge in [0, 0.05) is 11.6 Å². The molecule has 2 heterocycles. The number of hydrogen-bond donors (Lipinski definition) is 0. The summed E-state index contributed by atoms with van der Waals surface area (Å²) >= 11 is 1.55. The Morgan fingerprint density at radius 2 is 2.00 bits per heavy atom. The van der Waals surface area contributed by atoms with E-state index in [2.05, 4.69) is 36.2 Å². The molecule has 0 aliphatic heterocycles. The van der Waals surface area contributed by atoms with Crippen LogP contribution in [-0.2, 0) is 13.0 Å². The highest BCUT2D eigenvalue weighted by Gasteiger charge is 2.23. The summed E-state index contributed by atoms with van der Waals surface area (Å²) in [6.07, 6.45) is 3.47. The zero-order valence-corrected chi connectivity index (χ0v) is 16.6. The van der Waals surface area contributed by atoms with Gasteiger partial charge in [0.15, 0.2) is 0 Å². The molecule has 0 saturated carbocycles. The fourth-order valence-electron chi connectivity index (χ4n) is 3.33. The smallest absolute Gasteiger partial charge is 0.254 e. The van der Waals surface area contributed by atoms with Crippen LogP contribution in [0.5, 0.6) is 0 Å². The van der Waals surface area contributed by atoms with Gasteiger partial charge in [0.05, 0.1) is 28.5 Å². The Bertz CT molecular complexity index is 1040. The van der Waals surface area contributed by atoms with Gasteiger partial charge in [0.2, 0.25) is 0 Å². The molecule has 2 aromatic carbocycles. The van der Waals surface area contributed by atoms with Crippen molar-refractivity contribution in [1.82, 2.24) is 9.88 Å². The number of carbonyl (C=O) groups excluding carboxylic acids is 1. The van der Waals surface area contributed by atoms with Crippen LogP contribution in [0.3, 0.4) is 0 Å². The Morgan fingerprint density at radius 1 is 1.14 bits per heavy atom. The number of thiazole rings is 1. The minimum absolute atomic E-state index is 0.0206. The highest BCUT2D eigenvalue weighted by atomic mass is 32.1. The molecule has 0 aliphatic carbocycles. The third-order valence-electron chi connectivity index (χ3n) is 4.97. The molecule has 4 nitrogen and oxygen atoms in total. The van der Waals surface area contributed by atoms with Crippen molar-refractivity contribution < 1.29 is 9.21 Å². The second-order valence-electron chi connectivity index (χ2n) is 6.92. The van der Waals surface area contributed by atoms with Gasteiger partial charge in [-0.1, -0.05) is 30.3 Å². The van der Waals surface area contributed by atoms with E-state index >= 15 is 0 Å². The molecule has 0 spiro atoms. The van der Waals surface area contributed by atoms with Gasteiger partial charge in [-0.3, -0.25) is 4.79 Å². The van der Waals surface area contributed by atoms with Crippen LogP contribution in [0, 0.1) is 0 Å². The van der Waals surface area contributed by atoms with Gasteiger partial charge in [-0.25, -0.2) is 4.98 Å². The predicted molar refractivity (Wildman–Crippen MR) is 112 cm³/mol. The first-order chi connectivity index (χ1) is 13.7. The summed E-state index contributed by atoms with van der Waals surface area (Å²) in [5.41, 5.74) is 4.71. The lowest BCUT2D eigenvalue weighted by atomic mass is 10.0. The number of carbonyl (C=O) groups is 1. The SMILES string of the molecule is C[C@@H](CCc1ccccc1)N(Cc1ccco1)C(=O)c1ccc2ncsc2c1. The monoisotopic (exact) mass is 390 g/mol. The van der Waals surface area contributed by atoms with Crippen LogP contribution in [0.25, 0.3) is 10.2 Å². The molecule has 0 radical (unpaired) electrons. The normalized spacial score (nSPS) is 12.2. The summed E-state index contributed by atoms with van der Waals surface area (Å²) in [5.74, 6) is 0.811. The first-order valence-electron chi connectivity index (χ1n) is 9.41. The summed E-state index contributed by atoms with van der Waals surface area (Å²) in [7, 11) is 0. The number of aryl methyl sites for hydroxylation is 1. The van der Waals surface area contributed by atoms with Crippen LogP contribution in [-0.4, -0.2) is 21.8 Å². The number of hydrogen-bond acceptors (Lipinski definition) is 4. The van der Waals surface area contributed by atoms with E-state index in [1.165, 1.54) is 5.56 Å². The Morgan fingerprint density at radius 3 is 2.79 bits per heavy atom. The maximum atomic E-state index is 13.4. The van der Waals surface area contributed by atoms with Gasteiger partial charge in [-0.05, 0) is 55.7 Å². The van der Waals surface area contributed by atoms with Crippen LogP contribution in [0.4, 0.5) is 0 Å². The highest BCUT2D eigenvalue weighted by Crippen LogP contribution is 2.22. The molecule has 0 saturated heterocycles. The van der Waals surface area contributed by atoms with Crippen molar-refractivity contribution in [2.45, 2.75) is 32.4 Å². The highest BCUT2D eigenvalue weighted by molar-refractivity contribution is 7.16. The number of rotatable bonds is 7. The van der Waals surface area contributed by atoms with E-state index < -0.39 is 0 Å². The van der Waals surface area contributed by atoms with Gasteiger partial charge in [-0.15, -0.1) is 11.3 Å². The average Bonchev–Trinajstić information content (AvgIpc) is 3.41. The standard InChI is InChI=1S/C23H22N2O2S/c1-17(9-10-18-6-3-2-4-7-18)25(15-20-8-5-13-27-20)23(26)19-11-12-21-22(14-19)28-16-24-21/h2-8,11-14,16-17H,9-10,15H2,1H3/t17-/m0/s1. The van der Waals surface area contributed by atoms with Crippen molar-refractivity contribution in [3.8, 4) is 0 Å². The number of benzene rings is 2. The molecule has 0 N–H and O–H groups in total. The van der Waals surface area contributed by atoms with Gasteiger partial charge < -0.3 is 9.32 Å². The van der Waals surface area contributed by atoms with Crippen molar-refractivity contribution in [3.05, 3.63) is 89.3 Å². The van der Waals surface area contributed by atoms with Crippen molar-refractivity contribution in [2.24, 2.45) is 0 Å². The van der Waals surface area contributed by atoms with E-state index in [1.54, 1.807) is 17.6 Å². The van der Waals surface area contributed by atoms with Crippen molar-refractivity contribution in [3.63, 3.8) is 0 Å². The molecule has 2 aromatic heterocycles. The fourth-order valence-corrected chi connectivity index (χ4v) is 4.04. The number of nitrogens with zero attached hydrogens (tertiary/aromatic N) is 2. The molecule has 142 valence electrons. The molecule has 28 heavy (non-hydrogen) atoms. The lowest BCUT2D eigenvalue weighted by molar-refractivity contribution is 0.0652. The number of amides is 1. The zero-order chi connectivity index (χ0) is 19.3. The summed E-state index contributed by atoms with van der Waals surface area (Å²) in [4.78, 5) is 19.6. The molecule has 0 bridgehead atoms. The Hall–Kier alpha value is -2.92. The van der Waals surface area contributed by atoms with Gasteiger partial charge >= 0.3 is 0 Å². The molecule has 0 fully saturated rings. The largest absolute Gasteiger partial charge is 0.467 e. The second-order valence-corrected chi connectivity index (χ2v) is 7.81. The van der Waals surface area contributed by atoms with E-state index in [9.17, 15) is 4.79 Å². The van der Waals surface area contributed by atoms with Crippen LogP contribution in [0.1, 0.15) is 35.0 Å². The third-order valence-corrected chi connectivity index (χ3v) is 5.76. The average molecular weight is 391 g/mol. The van der Waals surface area contributed by atoms with E-state index in [4.69, 9.17) is 4.42 Å². The van der Waals surface area contributed by atoms with E-state index in [0.29, 0.717) is 12.1 Å². The summed E-state index contributed by atoms with van der Waals surface area (Å²) in [6, 6.07) is 20.0.